The highest BCUT2D eigenvalue weighted by Gasteiger charge is 2.53. The lowest BCUT2D eigenvalue weighted by molar-refractivity contribution is -0.528. The number of amidine groups is 1. The van der Waals surface area contributed by atoms with Crippen molar-refractivity contribution < 1.29 is 31.5 Å². The summed E-state index contributed by atoms with van der Waals surface area (Å²) in [5.74, 6) is 1.17. The molecule has 0 saturated heterocycles. The summed E-state index contributed by atoms with van der Waals surface area (Å²) in [7, 11) is 0. The number of hydrogen-bond donors (Lipinski definition) is 2. The maximum atomic E-state index is 12.5. The number of rotatable bonds is 18. The van der Waals surface area contributed by atoms with Gasteiger partial charge in [-0.1, -0.05) is 90.9 Å². The monoisotopic (exact) mass is 555 g/mol. The largest absolute Gasteiger partial charge is 1.00 e. The molecular formula is C29H54BrN3O2. The second kappa shape index (κ2) is 17.6. The Bertz CT molecular complexity index is 691. The van der Waals surface area contributed by atoms with E-state index in [1.165, 1.54) is 70.6 Å². The van der Waals surface area contributed by atoms with Crippen LogP contribution in [0.2, 0.25) is 0 Å². The number of carbonyl (C=O) groups is 1. The lowest BCUT2D eigenvalue weighted by Gasteiger charge is -2.34. The van der Waals surface area contributed by atoms with Crippen molar-refractivity contribution in [2.24, 2.45) is 0 Å². The first-order valence-electron chi connectivity index (χ1n) is 14.5. The predicted octanol–water partition coefficient (Wildman–Crippen LogP) is 3.15. The molecule has 5 nitrogen and oxygen atoms in total. The molecule has 2 heterocycles. The zero-order valence-electron chi connectivity index (χ0n) is 23.3. The van der Waals surface area contributed by atoms with E-state index in [-0.39, 0.29) is 22.9 Å². The SMILES string of the molecule is CCCCCCCCCCCCCCC1(O)C(C)=C(C)C2=[N+](CC(=O)NCCCC)CCCN21.[Br-]. The molecule has 0 saturated carbocycles. The van der Waals surface area contributed by atoms with Crippen LogP contribution in [-0.4, -0.2) is 58.2 Å². The molecule has 204 valence electrons. The van der Waals surface area contributed by atoms with Gasteiger partial charge in [-0.25, -0.2) is 4.90 Å². The summed E-state index contributed by atoms with van der Waals surface area (Å²) in [5, 5.41) is 14.8. The third kappa shape index (κ3) is 9.83. The van der Waals surface area contributed by atoms with E-state index in [1.807, 2.05) is 0 Å². The van der Waals surface area contributed by atoms with E-state index in [9.17, 15) is 9.90 Å². The van der Waals surface area contributed by atoms with E-state index in [2.05, 4.69) is 42.5 Å². The van der Waals surface area contributed by atoms with Crippen molar-refractivity contribution in [2.75, 3.05) is 26.2 Å². The second-order valence-corrected chi connectivity index (χ2v) is 10.7. The Labute approximate surface area is 226 Å². The molecule has 0 aromatic rings. The molecule has 2 N–H and O–H groups in total. The normalized spacial score (nSPS) is 19.7. The minimum absolute atomic E-state index is 0. The van der Waals surface area contributed by atoms with E-state index in [1.54, 1.807) is 0 Å². The number of nitrogens with zero attached hydrogens (tertiary/aromatic N) is 2. The van der Waals surface area contributed by atoms with E-state index >= 15 is 0 Å². The minimum Gasteiger partial charge on any atom is -1.00 e. The highest BCUT2D eigenvalue weighted by atomic mass is 79.9. The Morgan fingerprint density at radius 1 is 0.914 bits per heavy atom. The van der Waals surface area contributed by atoms with Crippen LogP contribution in [0.4, 0.5) is 0 Å². The van der Waals surface area contributed by atoms with Crippen molar-refractivity contribution in [3.05, 3.63) is 11.1 Å². The van der Waals surface area contributed by atoms with Crippen LogP contribution in [0.25, 0.3) is 0 Å². The summed E-state index contributed by atoms with van der Waals surface area (Å²) in [6.07, 6.45) is 19.8. The Hall–Kier alpha value is -0.880. The lowest BCUT2D eigenvalue weighted by atomic mass is 9.96. The molecule has 6 heteroatoms. The van der Waals surface area contributed by atoms with Gasteiger partial charge in [-0.3, -0.25) is 9.37 Å². The average molecular weight is 557 g/mol. The van der Waals surface area contributed by atoms with Gasteiger partial charge in [0, 0.05) is 30.5 Å². The number of fused-ring (bicyclic) bond motifs is 1. The topological polar surface area (TPSA) is 55.6 Å². The van der Waals surface area contributed by atoms with Crippen LogP contribution in [0.15, 0.2) is 11.1 Å². The van der Waals surface area contributed by atoms with Gasteiger partial charge >= 0.3 is 0 Å². The molecule has 0 aromatic heterocycles. The highest BCUT2D eigenvalue weighted by molar-refractivity contribution is 5.99. The van der Waals surface area contributed by atoms with Crippen molar-refractivity contribution in [1.82, 2.24) is 10.2 Å². The second-order valence-electron chi connectivity index (χ2n) is 10.7. The van der Waals surface area contributed by atoms with Crippen molar-refractivity contribution in [3.63, 3.8) is 0 Å². The van der Waals surface area contributed by atoms with Gasteiger partial charge in [0.2, 0.25) is 5.72 Å². The third-order valence-corrected chi connectivity index (χ3v) is 7.88. The summed E-state index contributed by atoms with van der Waals surface area (Å²) in [5.41, 5.74) is 1.35. The summed E-state index contributed by atoms with van der Waals surface area (Å²) in [6.45, 7) is 11.5. The highest BCUT2D eigenvalue weighted by Crippen LogP contribution is 2.39. The van der Waals surface area contributed by atoms with E-state index < -0.39 is 5.72 Å². The number of carbonyl (C=O) groups excluding carboxylic acids is 1. The first-order chi connectivity index (χ1) is 16.5. The van der Waals surface area contributed by atoms with Crippen LogP contribution in [0, 0.1) is 0 Å². The first kappa shape index (κ1) is 32.1. The van der Waals surface area contributed by atoms with Gasteiger partial charge in [-0.05, 0) is 26.7 Å². The minimum atomic E-state index is -0.880. The Morgan fingerprint density at radius 3 is 2.03 bits per heavy atom. The molecule has 0 aromatic carbocycles. The van der Waals surface area contributed by atoms with Gasteiger partial charge in [0.1, 0.15) is 0 Å². The molecule has 0 bridgehead atoms. The van der Waals surface area contributed by atoms with Crippen LogP contribution < -0.4 is 22.3 Å². The predicted molar refractivity (Wildman–Crippen MR) is 143 cm³/mol. The summed E-state index contributed by atoms with van der Waals surface area (Å²) >= 11 is 0. The third-order valence-electron chi connectivity index (χ3n) is 7.88. The van der Waals surface area contributed by atoms with Crippen molar-refractivity contribution >= 4 is 11.7 Å². The molecule has 0 fully saturated rings. The van der Waals surface area contributed by atoms with Crippen LogP contribution in [0.5, 0.6) is 0 Å². The van der Waals surface area contributed by atoms with Crippen molar-refractivity contribution in [2.45, 2.75) is 136 Å². The lowest BCUT2D eigenvalue weighted by Crippen LogP contribution is -3.00. The molecule has 2 aliphatic heterocycles. The number of hydrogen-bond acceptors (Lipinski definition) is 3. The molecule has 1 amide bonds. The molecule has 2 aliphatic rings. The maximum absolute atomic E-state index is 12.5. The quantitative estimate of drug-likeness (QED) is 0.202. The van der Waals surface area contributed by atoms with Crippen LogP contribution in [-0.2, 0) is 4.79 Å². The van der Waals surface area contributed by atoms with Crippen LogP contribution in [0.1, 0.15) is 130 Å². The van der Waals surface area contributed by atoms with Gasteiger partial charge in [0.25, 0.3) is 11.7 Å². The fraction of sp³-hybridized carbons (Fsp3) is 0.862. The molecule has 0 radical (unpaired) electrons. The summed E-state index contributed by atoms with van der Waals surface area (Å²) < 4.78 is 2.18. The fourth-order valence-electron chi connectivity index (χ4n) is 5.60. The number of halogens is 1. The average Bonchev–Trinajstić information content (AvgIpc) is 3.02. The molecule has 1 unspecified atom stereocenters. The Kier molecular flexibility index (Phi) is 16.1. The van der Waals surface area contributed by atoms with E-state index in [4.69, 9.17) is 0 Å². The standard InChI is InChI=1S/C29H53N3O2.BrH/c1-5-7-9-10-11-12-13-14-15-16-17-18-20-29(34)26(4)25(3)28-31(22-19-23-32(28)29)24-27(33)30-21-8-6-2;/h34H,5-24H2,1-4H3;1H. The number of aliphatic hydroxyl groups is 1. The van der Waals surface area contributed by atoms with Gasteiger partial charge in [-0.2, -0.15) is 0 Å². The zero-order chi connectivity index (χ0) is 24.8. The molecule has 2 rings (SSSR count). The van der Waals surface area contributed by atoms with Crippen LogP contribution in [0.3, 0.4) is 0 Å². The maximum Gasteiger partial charge on any atom is 0.278 e. The fourth-order valence-corrected chi connectivity index (χ4v) is 5.60. The van der Waals surface area contributed by atoms with Gasteiger partial charge in [-0.15, -0.1) is 0 Å². The smallest absolute Gasteiger partial charge is 0.278 e. The molecule has 35 heavy (non-hydrogen) atoms. The zero-order valence-corrected chi connectivity index (χ0v) is 24.9. The summed E-state index contributed by atoms with van der Waals surface area (Å²) in [6, 6.07) is 0. The number of nitrogens with one attached hydrogen (secondary N) is 1. The Morgan fingerprint density at radius 2 is 1.46 bits per heavy atom. The molecular weight excluding hydrogens is 502 g/mol. The van der Waals surface area contributed by atoms with Gasteiger partial charge in [0.05, 0.1) is 13.1 Å². The molecule has 0 spiro atoms. The van der Waals surface area contributed by atoms with Gasteiger partial charge in [0.15, 0.2) is 6.54 Å². The van der Waals surface area contributed by atoms with Crippen LogP contribution >= 0.6 is 0 Å². The first-order valence-corrected chi connectivity index (χ1v) is 14.5. The van der Waals surface area contributed by atoms with Crippen molar-refractivity contribution in [3.8, 4) is 0 Å². The molecule has 1 atom stereocenters. The number of amides is 1. The van der Waals surface area contributed by atoms with E-state index in [0.717, 1.165) is 68.7 Å². The van der Waals surface area contributed by atoms with Crippen molar-refractivity contribution in [1.29, 1.82) is 0 Å². The summed E-state index contributed by atoms with van der Waals surface area (Å²) in [4.78, 5) is 14.7. The van der Waals surface area contributed by atoms with E-state index in [0.29, 0.717) is 6.54 Å². The number of unbranched alkanes of at least 4 members (excludes halogenated alkanes) is 12. The molecule has 0 aliphatic carbocycles. The van der Waals surface area contributed by atoms with Gasteiger partial charge < -0.3 is 27.4 Å². The Balaban J connectivity index is 0.00000612.